The van der Waals surface area contributed by atoms with Crippen molar-refractivity contribution in [3.05, 3.63) is 45.8 Å². The van der Waals surface area contributed by atoms with Crippen LogP contribution in [0.1, 0.15) is 30.0 Å². The molecule has 1 atom stereocenters. The third kappa shape index (κ3) is 2.80. The Labute approximate surface area is 132 Å². The summed E-state index contributed by atoms with van der Waals surface area (Å²) in [5.74, 6) is 3.44. The van der Waals surface area contributed by atoms with E-state index in [-0.39, 0.29) is 6.04 Å². The van der Waals surface area contributed by atoms with Gasteiger partial charge in [-0.1, -0.05) is 22.9 Å². The molecule has 0 aliphatic carbocycles. The summed E-state index contributed by atoms with van der Waals surface area (Å²) in [4.78, 5) is 0. The first-order valence-electron chi connectivity index (χ1n) is 7.07. The Morgan fingerprint density at radius 1 is 1.19 bits per heavy atom. The molecule has 4 nitrogen and oxygen atoms in total. The van der Waals surface area contributed by atoms with Gasteiger partial charge >= 0.3 is 0 Å². The molecule has 1 aliphatic rings. The van der Waals surface area contributed by atoms with Crippen molar-refractivity contribution in [2.75, 3.05) is 20.3 Å². The number of halogens is 1. The third-order valence-electron chi connectivity index (χ3n) is 3.58. The molecule has 0 amide bonds. The van der Waals surface area contributed by atoms with Crippen molar-refractivity contribution in [3.8, 4) is 11.5 Å². The molecule has 0 fully saturated rings. The van der Waals surface area contributed by atoms with E-state index in [1.54, 1.807) is 0 Å². The minimum absolute atomic E-state index is 0.0319. The molecule has 0 saturated carbocycles. The van der Waals surface area contributed by atoms with Gasteiger partial charge < -0.3 is 19.2 Å². The molecule has 3 rings (SSSR count). The second kappa shape index (κ2) is 6.12. The first-order valence-corrected chi connectivity index (χ1v) is 7.87. The second-order valence-corrected chi connectivity index (χ2v) is 5.75. The van der Waals surface area contributed by atoms with Crippen molar-refractivity contribution in [1.29, 1.82) is 0 Å². The van der Waals surface area contributed by atoms with Crippen molar-refractivity contribution in [3.63, 3.8) is 0 Å². The summed E-state index contributed by atoms with van der Waals surface area (Å²) < 4.78 is 18.1. The molecule has 0 bridgehead atoms. The Morgan fingerprint density at radius 3 is 2.52 bits per heavy atom. The van der Waals surface area contributed by atoms with E-state index in [9.17, 15) is 0 Å². The van der Waals surface area contributed by atoms with Crippen molar-refractivity contribution in [1.82, 2.24) is 5.32 Å². The zero-order valence-electron chi connectivity index (χ0n) is 12.1. The summed E-state index contributed by atoms with van der Waals surface area (Å²) in [6.07, 6.45) is 0.888. The number of fused-ring (bicyclic) bond motifs is 1. The predicted molar refractivity (Wildman–Crippen MR) is 84.1 cm³/mol. The topological polar surface area (TPSA) is 43.6 Å². The summed E-state index contributed by atoms with van der Waals surface area (Å²) in [6, 6.07) is 7.97. The average molecular weight is 352 g/mol. The number of benzene rings is 1. The summed E-state index contributed by atoms with van der Waals surface area (Å²) in [5.41, 5.74) is 1.07. The van der Waals surface area contributed by atoms with Crippen LogP contribution in [0.15, 0.2) is 33.2 Å². The van der Waals surface area contributed by atoms with Gasteiger partial charge in [-0.2, -0.15) is 0 Å². The Bertz CT molecular complexity index is 638. The van der Waals surface area contributed by atoms with Gasteiger partial charge in [-0.05, 0) is 36.9 Å². The Kier molecular flexibility index (Phi) is 4.22. The molecule has 0 spiro atoms. The minimum atomic E-state index is -0.0319. The zero-order valence-corrected chi connectivity index (χ0v) is 13.7. The van der Waals surface area contributed by atoms with Crippen LogP contribution in [0.5, 0.6) is 11.5 Å². The lowest BCUT2D eigenvalue weighted by molar-refractivity contribution is 0.171. The molecule has 5 heteroatoms. The molecule has 1 N–H and O–H groups in total. The van der Waals surface area contributed by atoms with Crippen LogP contribution in [0.4, 0.5) is 0 Å². The van der Waals surface area contributed by atoms with Crippen LogP contribution in [0, 0.1) is 0 Å². The molecular formula is C16H18BrNO3. The van der Waals surface area contributed by atoms with Gasteiger partial charge in [-0.3, -0.25) is 0 Å². The van der Waals surface area contributed by atoms with Gasteiger partial charge in [0.2, 0.25) is 0 Å². The van der Waals surface area contributed by atoms with Gasteiger partial charge in [-0.15, -0.1) is 0 Å². The molecule has 1 aromatic carbocycles. The molecule has 21 heavy (non-hydrogen) atoms. The highest BCUT2D eigenvalue weighted by atomic mass is 79.9. The quantitative estimate of drug-likeness (QED) is 0.912. The fraction of sp³-hybridized carbons (Fsp3) is 0.375. The minimum Gasteiger partial charge on any atom is -0.486 e. The maximum atomic E-state index is 5.88. The van der Waals surface area contributed by atoms with E-state index in [0.717, 1.165) is 39.5 Å². The monoisotopic (exact) mass is 351 g/mol. The summed E-state index contributed by atoms with van der Waals surface area (Å²) >= 11 is 3.62. The smallest absolute Gasteiger partial charge is 0.162 e. The Morgan fingerprint density at radius 2 is 1.90 bits per heavy atom. The van der Waals surface area contributed by atoms with Gasteiger partial charge in [0.05, 0.1) is 6.04 Å². The average Bonchev–Trinajstić information content (AvgIpc) is 2.97. The van der Waals surface area contributed by atoms with Crippen molar-refractivity contribution in [2.24, 2.45) is 0 Å². The van der Waals surface area contributed by atoms with Gasteiger partial charge in [0.1, 0.15) is 24.7 Å². The van der Waals surface area contributed by atoms with Crippen LogP contribution < -0.4 is 14.8 Å². The normalized spacial score (nSPS) is 15.0. The van der Waals surface area contributed by atoms with Gasteiger partial charge in [0, 0.05) is 10.9 Å². The first-order chi connectivity index (χ1) is 10.2. The summed E-state index contributed by atoms with van der Waals surface area (Å²) in [7, 11) is 1.92. The lowest BCUT2D eigenvalue weighted by Crippen LogP contribution is -2.20. The van der Waals surface area contributed by atoms with Crippen molar-refractivity contribution in [2.45, 2.75) is 19.4 Å². The lowest BCUT2D eigenvalue weighted by atomic mass is 10.0. The van der Waals surface area contributed by atoms with Crippen LogP contribution in [-0.4, -0.2) is 20.3 Å². The first kappa shape index (κ1) is 14.5. The number of nitrogens with one attached hydrogen (secondary N) is 1. The maximum absolute atomic E-state index is 5.88. The second-order valence-electron chi connectivity index (χ2n) is 4.90. The Hall–Kier alpha value is -1.46. The SMILES string of the molecule is CCc1ccc(C(NC)c2cc3c(cc2Br)OCCO3)o1. The molecule has 2 heterocycles. The summed E-state index contributed by atoms with van der Waals surface area (Å²) in [6.45, 7) is 3.25. The highest BCUT2D eigenvalue weighted by Crippen LogP contribution is 2.39. The predicted octanol–water partition coefficient (Wildman–Crippen LogP) is 3.68. The fourth-order valence-electron chi connectivity index (χ4n) is 2.49. The number of rotatable bonds is 4. The largest absolute Gasteiger partial charge is 0.486 e. The highest BCUT2D eigenvalue weighted by Gasteiger charge is 2.22. The third-order valence-corrected chi connectivity index (χ3v) is 4.26. The molecule has 2 aromatic rings. The van der Waals surface area contributed by atoms with Crippen LogP contribution in [0.3, 0.4) is 0 Å². The number of hydrogen-bond donors (Lipinski definition) is 1. The fourth-order valence-corrected chi connectivity index (χ4v) is 3.04. The van der Waals surface area contributed by atoms with E-state index in [1.165, 1.54) is 0 Å². The molecule has 1 aromatic heterocycles. The van der Waals surface area contributed by atoms with Gasteiger partial charge in [0.25, 0.3) is 0 Å². The molecule has 0 radical (unpaired) electrons. The van der Waals surface area contributed by atoms with Crippen LogP contribution >= 0.6 is 15.9 Å². The molecule has 1 unspecified atom stereocenters. The van der Waals surface area contributed by atoms with E-state index in [2.05, 4.69) is 28.2 Å². The van der Waals surface area contributed by atoms with E-state index in [4.69, 9.17) is 13.9 Å². The van der Waals surface area contributed by atoms with E-state index in [0.29, 0.717) is 13.2 Å². The molecule has 112 valence electrons. The number of ether oxygens (including phenoxy) is 2. The standard InChI is InChI=1S/C16H18BrNO3/c1-3-10-4-5-13(21-10)16(18-2)11-8-14-15(9-12(11)17)20-7-6-19-14/h4-5,8-9,16,18H,3,6-7H2,1-2H3. The van der Waals surface area contributed by atoms with Crippen LogP contribution in [-0.2, 0) is 6.42 Å². The number of furan rings is 1. The lowest BCUT2D eigenvalue weighted by Gasteiger charge is -2.22. The van der Waals surface area contributed by atoms with Crippen molar-refractivity contribution < 1.29 is 13.9 Å². The zero-order chi connectivity index (χ0) is 14.8. The maximum Gasteiger partial charge on any atom is 0.162 e. The van der Waals surface area contributed by atoms with E-state index < -0.39 is 0 Å². The highest BCUT2D eigenvalue weighted by molar-refractivity contribution is 9.10. The van der Waals surface area contributed by atoms with Gasteiger partial charge in [0.15, 0.2) is 11.5 Å². The summed E-state index contributed by atoms with van der Waals surface area (Å²) in [5, 5.41) is 3.30. The molecule has 1 aliphatic heterocycles. The Balaban J connectivity index is 2.00. The van der Waals surface area contributed by atoms with Crippen molar-refractivity contribution >= 4 is 15.9 Å². The van der Waals surface area contributed by atoms with Crippen LogP contribution in [0.25, 0.3) is 0 Å². The number of aryl methyl sites for hydroxylation is 1. The molecule has 0 saturated heterocycles. The van der Waals surface area contributed by atoms with E-state index >= 15 is 0 Å². The van der Waals surface area contributed by atoms with Gasteiger partial charge in [-0.25, -0.2) is 0 Å². The van der Waals surface area contributed by atoms with Crippen LogP contribution in [0.2, 0.25) is 0 Å². The van der Waals surface area contributed by atoms with E-state index in [1.807, 2.05) is 31.3 Å². The number of hydrogen-bond acceptors (Lipinski definition) is 4. The molecular weight excluding hydrogens is 334 g/mol.